The molecular formula is C20H21N5O3. The summed E-state index contributed by atoms with van der Waals surface area (Å²) in [6.07, 6.45) is 5.40. The molecule has 144 valence electrons. The zero-order valence-corrected chi connectivity index (χ0v) is 15.8. The van der Waals surface area contributed by atoms with Crippen molar-refractivity contribution in [2.75, 3.05) is 32.8 Å². The van der Waals surface area contributed by atoms with E-state index in [-0.39, 0.29) is 0 Å². The minimum atomic E-state index is 0.484. The number of pyridine rings is 1. The number of imidazole rings is 1. The van der Waals surface area contributed by atoms with Crippen LogP contribution < -0.4 is 14.8 Å². The van der Waals surface area contributed by atoms with Gasteiger partial charge in [-0.25, -0.2) is 9.97 Å². The van der Waals surface area contributed by atoms with Gasteiger partial charge in [-0.15, -0.1) is 0 Å². The lowest BCUT2D eigenvalue weighted by atomic mass is 10.3. The molecule has 3 aromatic heterocycles. The number of benzene rings is 1. The minimum absolute atomic E-state index is 0.484. The molecule has 0 amide bonds. The number of methoxy groups -OCH3 is 2. The Balaban J connectivity index is 1.49. The van der Waals surface area contributed by atoms with Crippen LogP contribution in [0.4, 0.5) is 5.69 Å². The quantitative estimate of drug-likeness (QED) is 0.471. The van der Waals surface area contributed by atoms with E-state index < -0.39 is 0 Å². The monoisotopic (exact) mass is 379 g/mol. The Hall–Kier alpha value is -3.39. The van der Waals surface area contributed by atoms with Crippen LogP contribution >= 0.6 is 0 Å². The molecule has 0 radical (unpaired) electrons. The van der Waals surface area contributed by atoms with Crippen LogP contribution in [-0.2, 0) is 11.3 Å². The van der Waals surface area contributed by atoms with Crippen LogP contribution in [0.15, 0.2) is 48.9 Å². The third-order valence-corrected chi connectivity index (χ3v) is 4.28. The number of nitrogens with zero attached hydrogens (tertiary/aromatic N) is 4. The smallest absolute Gasteiger partial charge is 0.235 e. The van der Waals surface area contributed by atoms with Gasteiger partial charge in [0.15, 0.2) is 0 Å². The highest BCUT2D eigenvalue weighted by Crippen LogP contribution is 2.21. The summed E-state index contributed by atoms with van der Waals surface area (Å²) in [6.45, 7) is 1.57. The number of anilines is 1. The lowest BCUT2D eigenvalue weighted by Crippen LogP contribution is -2.06. The topological polar surface area (TPSA) is 82.8 Å². The van der Waals surface area contributed by atoms with Crippen molar-refractivity contribution in [2.24, 2.45) is 0 Å². The van der Waals surface area contributed by atoms with Crippen LogP contribution in [0.3, 0.4) is 0 Å². The summed E-state index contributed by atoms with van der Waals surface area (Å²) in [6, 6.07) is 9.67. The molecule has 8 heteroatoms. The Morgan fingerprint density at radius 3 is 2.79 bits per heavy atom. The molecule has 0 fully saturated rings. The third kappa shape index (κ3) is 3.81. The van der Waals surface area contributed by atoms with Crippen molar-refractivity contribution in [3.63, 3.8) is 0 Å². The van der Waals surface area contributed by atoms with Gasteiger partial charge in [0, 0.05) is 25.4 Å². The van der Waals surface area contributed by atoms with E-state index in [1.807, 2.05) is 40.9 Å². The summed E-state index contributed by atoms with van der Waals surface area (Å²) >= 11 is 0. The van der Waals surface area contributed by atoms with Gasteiger partial charge < -0.3 is 19.5 Å². The van der Waals surface area contributed by atoms with Gasteiger partial charge in [0.2, 0.25) is 5.78 Å². The van der Waals surface area contributed by atoms with E-state index >= 15 is 0 Å². The lowest BCUT2D eigenvalue weighted by Gasteiger charge is -2.09. The molecule has 0 saturated heterocycles. The molecule has 4 aromatic rings. The standard InChI is InChI=1S/C20H21N5O3/c1-26-7-8-28-17-9-15(11-21-13-17)22-12-14-5-6-25-19-4-3-16(27-2)10-18(19)24-20(25)23-14/h3-6,9-11,13,22H,7-8,12H2,1-2H3. The number of hydrogen-bond acceptors (Lipinski definition) is 7. The van der Waals surface area contributed by atoms with Crippen molar-refractivity contribution >= 4 is 22.5 Å². The van der Waals surface area contributed by atoms with Gasteiger partial charge >= 0.3 is 0 Å². The second-order valence-corrected chi connectivity index (χ2v) is 6.16. The molecular weight excluding hydrogens is 358 g/mol. The fourth-order valence-electron chi connectivity index (χ4n) is 2.87. The highest BCUT2D eigenvalue weighted by atomic mass is 16.5. The molecule has 0 bridgehead atoms. The van der Waals surface area contributed by atoms with Gasteiger partial charge in [-0.3, -0.25) is 9.38 Å². The van der Waals surface area contributed by atoms with E-state index in [1.54, 1.807) is 26.6 Å². The molecule has 0 aliphatic carbocycles. The molecule has 0 aliphatic rings. The molecule has 0 spiro atoms. The molecule has 0 saturated carbocycles. The molecule has 1 aromatic carbocycles. The predicted octanol–water partition coefficient (Wildman–Crippen LogP) is 2.92. The maximum absolute atomic E-state index is 5.58. The van der Waals surface area contributed by atoms with Crippen molar-refractivity contribution in [1.29, 1.82) is 0 Å². The largest absolute Gasteiger partial charge is 0.497 e. The fourth-order valence-corrected chi connectivity index (χ4v) is 2.87. The number of rotatable bonds is 8. The van der Waals surface area contributed by atoms with Gasteiger partial charge in [-0.2, -0.15) is 0 Å². The summed E-state index contributed by atoms with van der Waals surface area (Å²) in [5, 5.41) is 3.32. The van der Waals surface area contributed by atoms with E-state index in [0.717, 1.165) is 28.2 Å². The Bertz CT molecular complexity index is 1100. The molecule has 4 rings (SSSR count). The summed E-state index contributed by atoms with van der Waals surface area (Å²) in [7, 11) is 3.29. The van der Waals surface area contributed by atoms with Gasteiger partial charge in [-0.05, 0) is 18.2 Å². The summed E-state index contributed by atoms with van der Waals surface area (Å²) in [4.78, 5) is 13.4. The van der Waals surface area contributed by atoms with Gasteiger partial charge in [0.05, 0.1) is 55.1 Å². The van der Waals surface area contributed by atoms with Crippen LogP contribution in [0.2, 0.25) is 0 Å². The van der Waals surface area contributed by atoms with Crippen LogP contribution in [0.1, 0.15) is 5.69 Å². The van der Waals surface area contributed by atoms with E-state index in [9.17, 15) is 0 Å². The number of nitrogens with one attached hydrogen (secondary N) is 1. The van der Waals surface area contributed by atoms with E-state index in [1.165, 1.54) is 0 Å². The summed E-state index contributed by atoms with van der Waals surface area (Å²) in [5.74, 6) is 2.12. The first-order valence-corrected chi connectivity index (χ1v) is 8.89. The Labute approximate surface area is 162 Å². The summed E-state index contributed by atoms with van der Waals surface area (Å²) in [5.41, 5.74) is 3.57. The third-order valence-electron chi connectivity index (χ3n) is 4.28. The summed E-state index contributed by atoms with van der Waals surface area (Å²) < 4.78 is 17.8. The van der Waals surface area contributed by atoms with Crippen LogP contribution in [0.25, 0.3) is 16.8 Å². The fraction of sp³-hybridized carbons (Fsp3) is 0.250. The van der Waals surface area contributed by atoms with Crippen molar-refractivity contribution < 1.29 is 14.2 Å². The SMILES string of the molecule is COCCOc1cncc(NCc2ccn3c(n2)nc2cc(OC)ccc23)c1. The van der Waals surface area contributed by atoms with E-state index in [0.29, 0.717) is 31.3 Å². The second kappa shape index (κ2) is 8.10. The zero-order chi connectivity index (χ0) is 19.3. The molecule has 8 nitrogen and oxygen atoms in total. The number of hydrogen-bond donors (Lipinski definition) is 1. The van der Waals surface area contributed by atoms with E-state index in [4.69, 9.17) is 14.2 Å². The molecule has 3 heterocycles. The second-order valence-electron chi connectivity index (χ2n) is 6.16. The van der Waals surface area contributed by atoms with Crippen molar-refractivity contribution in [1.82, 2.24) is 19.4 Å². The van der Waals surface area contributed by atoms with Gasteiger partial charge in [0.25, 0.3) is 0 Å². The number of aromatic nitrogens is 4. The zero-order valence-electron chi connectivity index (χ0n) is 15.8. The molecule has 1 N–H and O–H groups in total. The van der Waals surface area contributed by atoms with Crippen LogP contribution in [0.5, 0.6) is 11.5 Å². The first-order chi connectivity index (χ1) is 13.8. The van der Waals surface area contributed by atoms with Crippen LogP contribution in [-0.4, -0.2) is 46.8 Å². The normalized spacial score (nSPS) is 11.1. The highest BCUT2D eigenvalue weighted by molar-refractivity contribution is 5.80. The van der Waals surface area contributed by atoms with E-state index in [2.05, 4.69) is 20.3 Å². The Kier molecular flexibility index (Phi) is 5.20. The number of ether oxygens (including phenoxy) is 3. The first-order valence-electron chi connectivity index (χ1n) is 8.89. The van der Waals surface area contributed by atoms with Crippen molar-refractivity contribution in [3.8, 4) is 11.5 Å². The molecule has 0 unspecified atom stereocenters. The number of fused-ring (bicyclic) bond motifs is 3. The molecule has 0 atom stereocenters. The molecule has 28 heavy (non-hydrogen) atoms. The maximum Gasteiger partial charge on any atom is 0.235 e. The first kappa shape index (κ1) is 18.0. The lowest BCUT2D eigenvalue weighted by molar-refractivity contribution is 0.146. The maximum atomic E-state index is 5.58. The predicted molar refractivity (Wildman–Crippen MR) is 106 cm³/mol. The Morgan fingerprint density at radius 2 is 1.93 bits per heavy atom. The average molecular weight is 379 g/mol. The minimum Gasteiger partial charge on any atom is -0.497 e. The Morgan fingerprint density at radius 1 is 1.00 bits per heavy atom. The molecule has 0 aliphatic heterocycles. The van der Waals surface area contributed by atoms with Crippen LogP contribution in [0, 0.1) is 0 Å². The van der Waals surface area contributed by atoms with Gasteiger partial charge in [-0.1, -0.05) is 0 Å². The van der Waals surface area contributed by atoms with Crippen molar-refractivity contribution in [2.45, 2.75) is 6.54 Å². The average Bonchev–Trinajstić information content (AvgIpc) is 3.09. The van der Waals surface area contributed by atoms with Gasteiger partial charge in [0.1, 0.15) is 18.1 Å². The highest BCUT2D eigenvalue weighted by Gasteiger charge is 2.08. The van der Waals surface area contributed by atoms with Crippen molar-refractivity contribution in [3.05, 3.63) is 54.6 Å².